The van der Waals surface area contributed by atoms with Crippen LogP contribution in [0.4, 0.5) is 0 Å². The van der Waals surface area contributed by atoms with Gasteiger partial charge in [0, 0.05) is 19.3 Å². The first-order valence-corrected chi connectivity index (χ1v) is 6.99. The molecule has 0 aliphatic rings. The van der Waals surface area contributed by atoms with Crippen LogP contribution in [0.25, 0.3) is 0 Å². The SMILES string of the molecule is COCCOCCSC(CC(=O)C(=O)OC)C(=O)OC. The van der Waals surface area contributed by atoms with Gasteiger partial charge in [-0.25, -0.2) is 4.79 Å². The molecule has 0 N–H and O–H groups in total. The van der Waals surface area contributed by atoms with Crippen molar-refractivity contribution in [1.82, 2.24) is 0 Å². The van der Waals surface area contributed by atoms with Crippen molar-refractivity contribution in [3.63, 3.8) is 0 Å². The molecule has 0 aliphatic carbocycles. The number of esters is 2. The third kappa shape index (κ3) is 8.13. The minimum Gasteiger partial charge on any atom is -0.468 e. The van der Waals surface area contributed by atoms with Crippen molar-refractivity contribution in [2.75, 3.05) is 46.9 Å². The summed E-state index contributed by atoms with van der Waals surface area (Å²) in [4.78, 5) is 34.0. The lowest BCUT2D eigenvalue weighted by Gasteiger charge is -2.13. The highest BCUT2D eigenvalue weighted by Gasteiger charge is 2.26. The molecule has 8 heteroatoms. The Bertz CT molecular complexity index is 319. The molecule has 0 heterocycles. The van der Waals surface area contributed by atoms with E-state index in [9.17, 15) is 14.4 Å². The van der Waals surface area contributed by atoms with Crippen LogP contribution in [-0.2, 0) is 33.3 Å². The Balaban J connectivity index is 4.13. The van der Waals surface area contributed by atoms with Crippen LogP contribution >= 0.6 is 11.8 Å². The number of hydrogen-bond acceptors (Lipinski definition) is 8. The summed E-state index contributed by atoms with van der Waals surface area (Å²) in [6.07, 6.45) is -0.248. The third-order valence-electron chi connectivity index (χ3n) is 2.23. The number of thioether (sulfide) groups is 1. The molecule has 0 fully saturated rings. The number of hydrogen-bond donors (Lipinski definition) is 0. The summed E-state index contributed by atoms with van der Waals surface area (Å²) < 4.78 is 19.0. The van der Waals surface area contributed by atoms with Gasteiger partial charge >= 0.3 is 11.9 Å². The van der Waals surface area contributed by atoms with E-state index in [-0.39, 0.29) is 6.42 Å². The first-order valence-electron chi connectivity index (χ1n) is 5.94. The predicted octanol–water partition coefficient (Wildman–Crippen LogP) is 0.0564. The molecule has 116 valence electrons. The van der Waals surface area contributed by atoms with Gasteiger partial charge in [-0.05, 0) is 0 Å². The molecule has 0 radical (unpaired) electrons. The topological polar surface area (TPSA) is 88.1 Å². The van der Waals surface area contributed by atoms with Gasteiger partial charge in [0.2, 0.25) is 5.78 Å². The molecule has 0 aromatic heterocycles. The molecule has 0 saturated heterocycles. The van der Waals surface area contributed by atoms with Crippen molar-refractivity contribution >= 4 is 29.5 Å². The normalized spacial score (nSPS) is 11.8. The van der Waals surface area contributed by atoms with Gasteiger partial charge in [-0.3, -0.25) is 9.59 Å². The van der Waals surface area contributed by atoms with Gasteiger partial charge < -0.3 is 18.9 Å². The Morgan fingerprint density at radius 3 is 2.25 bits per heavy atom. The van der Waals surface area contributed by atoms with Gasteiger partial charge in [-0.15, -0.1) is 11.8 Å². The summed E-state index contributed by atoms with van der Waals surface area (Å²) in [6.45, 7) is 1.36. The number of ketones is 1. The minimum absolute atomic E-state index is 0.248. The van der Waals surface area contributed by atoms with E-state index in [1.54, 1.807) is 7.11 Å². The Kier molecular flexibility index (Phi) is 11.0. The fraction of sp³-hybridized carbons (Fsp3) is 0.750. The first-order chi connectivity index (χ1) is 9.56. The van der Waals surface area contributed by atoms with Crippen LogP contribution in [0.15, 0.2) is 0 Å². The first kappa shape index (κ1) is 18.9. The lowest BCUT2D eigenvalue weighted by atomic mass is 10.2. The van der Waals surface area contributed by atoms with E-state index in [1.165, 1.54) is 18.9 Å². The molecule has 0 bridgehead atoms. The summed E-state index contributed by atoms with van der Waals surface area (Å²) in [7, 11) is 3.92. The van der Waals surface area contributed by atoms with E-state index < -0.39 is 23.0 Å². The predicted molar refractivity (Wildman–Crippen MR) is 72.6 cm³/mol. The molecule has 0 aromatic rings. The van der Waals surface area contributed by atoms with Gasteiger partial charge in [0.25, 0.3) is 0 Å². The van der Waals surface area contributed by atoms with Gasteiger partial charge in [-0.1, -0.05) is 0 Å². The Morgan fingerprint density at radius 2 is 1.70 bits per heavy atom. The molecule has 0 amide bonds. The smallest absolute Gasteiger partial charge is 0.374 e. The number of carbonyl (C=O) groups is 3. The zero-order valence-electron chi connectivity index (χ0n) is 11.9. The van der Waals surface area contributed by atoms with Crippen molar-refractivity contribution in [3.8, 4) is 0 Å². The number of Topliss-reactive ketones (excluding diaryl/α,β-unsaturated/α-hetero) is 1. The van der Waals surface area contributed by atoms with Crippen LogP contribution in [0.3, 0.4) is 0 Å². The van der Waals surface area contributed by atoms with Crippen molar-refractivity contribution in [2.45, 2.75) is 11.7 Å². The molecule has 7 nitrogen and oxygen atoms in total. The van der Waals surface area contributed by atoms with E-state index >= 15 is 0 Å². The maximum absolute atomic E-state index is 11.5. The van der Waals surface area contributed by atoms with Crippen LogP contribution in [0.2, 0.25) is 0 Å². The summed E-state index contributed by atoms with van der Waals surface area (Å²) in [5, 5.41) is -0.738. The maximum Gasteiger partial charge on any atom is 0.374 e. The van der Waals surface area contributed by atoms with E-state index in [2.05, 4.69) is 9.47 Å². The lowest BCUT2D eigenvalue weighted by molar-refractivity contribution is -0.152. The molecule has 1 atom stereocenters. The molecule has 0 spiro atoms. The third-order valence-corrected chi connectivity index (χ3v) is 3.39. The molecule has 20 heavy (non-hydrogen) atoms. The molecule has 0 aliphatic heterocycles. The average Bonchev–Trinajstić information content (AvgIpc) is 2.47. The Hall–Kier alpha value is -1.12. The summed E-state index contributed by atoms with van der Waals surface area (Å²) in [6, 6.07) is 0. The standard InChI is InChI=1S/C12H20O7S/c1-16-4-5-19-6-7-20-10(12(15)18-3)8-9(13)11(14)17-2/h10H,4-8H2,1-3H3. The van der Waals surface area contributed by atoms with Gasteiger partial charge in [0.15, 0.2) is 0 Å². The lowest BCUT2D eigenvalue weighted by Crippen LogP contribution is -2.27. The van der Waals surface area contributed by atoms with Crippen LogP contribution in [0.1, 0.15) is 6.42 Å². The molecule has 0 rings (SSSR count). The summed E-state index contributed by atoms with van der Waals surface area (Å²) in [5.74, 6) is -1.77. The van der Waals surface area contributed by atoms with Crippen LogP contribution in [0, 0.1) is 0 Å². The second kappa shape index (κ2) is 11.7. The zero-order valence-corrected chi connectivity index (χ0v) is 12.7. The highest BCUT2D eigenvalue weighted by atomic mass is 32.2. The van der Waals surface area contributed by atoms with Crippen molar-refractivity contribution in [3.05, 3.63) is 0 Å². The number of ether oxygens (including phenoxy) is 4. The van der Waals surface area contributed by atoms with Crippen molar-refractivity contribution < 1.29 is 33.3 Å². The van der Waals surface area contributed by atoms with Crippen molar-refractivity contribution in [1.29, 1.82) is 0 Å². The molecular weight excluding hydrogens is 288 g/mol. The fourth-order valence-corrected chi connectivity index (χ4v) is 2.20. The highest BCUT2D eigenvalue weighted by molar-refractivity contribution is 8.00. The molecule has 0 aromatic carbocycles. The van der Waals surface area contributed by atoms with Crippen LogP contribution < -0.4 is 0 Å². The second-order valence-corrected chi connectivity index (χ2v) is 4.92. The van der Waals surface area contributed by atoms with Crippen LogP contribution in [0.5, 0.6) is 0 Å². The van der Waals surface area contributed by atoms with Crippen LogP contribution in [-0.4, -0.2) is 69.9 Å². The van der Waals surface area contributed by atoms with Gasteiger partial charge in [0.05, 0.1) is 34.0 Å². The van der Waals surface area contributed by atoms with E-state index in [4.69, 9.17) is 9.47 Å². The highest BCUT2D eigenvalue weighted by Crippen LogP contribution is 2.17. The Labute approximate surface area is 122 Å². The zero-order chi connectivity index (χ0) is 15.4. The minimum atomic E-state index is -0.962. The molecule has 0 saturated carbocycles. The summed E-state index contributed by atoms with van der Waals surface area (Å²) >= 11 is 1.20. The fourth-order valence-electron chi connectivity index (χ4n) is 1.20. The maximum atomic E-state index is 11.5. The molecule has 1 unspecified atom stereocenters. The van der Waals surface area contributed by atoms with Gasteiger partial charge in [-0.2, -0.15) is 0 Å². The number of methoxy groups -OCH3 is 3. The molecular formula is C12H20O7S. The van der Waals surface area contributed by atoms with Crippen molar-refractivity contribution in [2.24, 2.45) is 0 Å². The largest absolute Gasteiger partial charge is 0.468 e. The van der Waals surface area contributed by atoms with Gasteiger partial charge in [0.1, 0.15) is 5.25 Å². The Morgan fingerprint density at radius 1 is 1.00 bits per heavy atom. The van der Waals surface area contributed by atoms with E-state index in [0.29, 0.717) is 25.6 Å². The number of carbonyl (C=O) groups excluding carboxylic acids is 3. The number of rotatable bonds is 11. The quantitative estimate of drug-likeness (QED) is 0.301. The van der Waals surface area contributed by atoms with E-state index in [1.807, 2.05) is 0 Å². The summed E-state index contributed by atoms with van der Waals surface area (Å²) in [5.41, 5.74) is 0. The average molecular weight is 308 g/mol. The monoisotopic (exact) mass is 308 g/mol. The van der Waals surface area contributed by atoms with E-state index in [0.717, 1.165) is 7.11 Å². The second-order valence-electron chi connectivity index (χ2n) is 3.61.